The van der Waals surface area contributed by atoms with Crippen molar-refractivity contribution in [3.8, 4) is 11.3 Å². The van der Waals surface area contributed by atoms with Gasteiger partial charge in [0.1, 0.15) is 23.6 Å². The van der Waals surface area contributed by atoms with Crippen molar-refractivity contribution in [2.45, 2.75) is 59.1 Å². The fourth-order valence-electron chi connectivity index (χ4n) is 4.56. The maximum atomic E-state index is 12.5. The lowest BCUT2D eigenvalue weighted by molar-refractivity contribution is -0.124. The Kier molecular flexibility index (Phi) is 5.36. The molecular weight excluding hydrogens is 418 g/mol. The Morgan fingerprint density at radius 2 is 2.06 bits per heavy atom. The van der Waals surface area contributed by atoms with Crippen molar-refractivity contribution >= 4 is 17.5 Å². The maximum absolute atomic E-state index is 12.5. The van der Waals surface area contributed by atoms with Gasteiger partial charge in [-0.25, -0.2) is 15.0 Å². The smallest absolute Gasteiger partial charge is 0.257 e. The summed E-state index contributed by atoms with van der Waals surface area (Å²) < 4.78 is 0. The first kappa shape index (κ1) is 21.5. The summed E-state index contributed by atoms with van der Waals surface area (Å²) in [6.07, 6.45) is 6.01. The van der Waals surface area contributed by atoms with Crippen molar-refractivity contribution in [2.75, 3.05) is 16.8 Å². The molecule has 2 aliphatic rings. The number of aryl methyl sites for hydroxylation is 1. The van der Waals surface area contributed by atoms with Crippen molar-refractivity contribution < 1.29 is 9.90 Å². The number of aliphatic hydroxyl groups is 1. The van der Waals surface area contributed by atoms with Crippen LogP contribution >= 0.6 is 0 Å². The molecule has 4 heterocycles. The average Bonchev–Trinajstić information content (AvgIpc) is 3.35. The van der Waals surface area contributed by atoms with Gasteiger partial charge in [0.2, 0.25) is 0 Å². The number of amides is 1. The number of aliphatic hydroxyl groups excluding tert-OH is 1. The number of hydrogen-bond acceptors (Lipinski definition) is 7. The monoisotopic (exact) mass is 447 g/mol. The SMILES string of the molecule is Cc1ncc(CNc2cc(-c3n[nH]c4c3CCC(C)(C)C4)cc(N3CC[C@H](O)C3=O)n2)cn1. The summed E-state index contributed by atoms with van der Waals surface area (Å²) in [6.45, 7) is 7.35. The second-order valence-corrected chi connectivity index (χ2v) is 9.76. The summed E-state index contributed by atoms with van der Waals surface area (Å²) in [7, 11) is 0. The van der Waals surface area contributed by atoms with Gasteiger partial charge in [-0.15, -0.1) is 0 Å². The van der Waals surface area contributed by atoms with E-state index >= 15 is 0 Å². The lowest BCUT2D eigenvalue weighted by atomic mass is 9.76. The molecule has 3 N–H and O–H groups in total. The number of anilines is 2. The number of fused-ring (bicyclic) bond motifs is 1. The summed E-state index contributed by atoms with van der Waals surface area (Å²) in [5.41, 5.74) is 5.39. The van der Waals surface area contributed by atoms with Crippen molar-refractivity contribution in [2.24, 2.45) is 5.41 Å². The fourth-order valence-corrected chi connectivity index (χ4v) is 4.56. The molecule has 1 fully saturated rings. The third-order valence-corrected chi connectivity index (χ3v) is 6.51. The van der Waals surface area contributed by atoms with E-state index in [9.17, 15) is 9.90 Å². The molecule has 0 aromatic carbocycles. The zero-order chi connectivity index (χ0) is 23.2. The van der Waals surface area contributed by atoms with Crippen molar-refractivity contribution in [1.82, 2.24) is 25.1 Å². The van der Waals surface area contributed by atoms with Gasteiger partial charge in [0.15, 0.2) is 0 Å². The topological polar surface area (TPSA) is 120 Å². The average molecular weight is 448 g/mol. The zero-order valence-electron chi connectivity index (χ0n) is 19.2. The lowest BCUT2D eigenvalue weighted by Crippen LogP contribution is -2.30. The largest absolute Gasteiger partial charge is 0.383 e. The van der Waals surface area contributed by atoms with Gasteiger partial charge in [-0.2, -0.15) is 5.10 Å². The number of H-pyrrole nitrogens is 1. The highest BCUT2D eigenvalue weighted by Gasteiger charge is 2.33. The van der Waals surface area contributed by atoms with E-state index in [1.165, 1.54) is 11.3 Å². The van der Waals surface area contributed by atoms with Crippen LogP contribution in [0.3, 0.4) is 0 Å². The number of hydrogen-bond donors (Lipinski definition) is 3. The number of carbonyl (C=O) groups excluding carboxylic acids is 1. The fraction of sp³-hybridized carbons (Fsp3) is 0.458. The number of nitrogens with one attached hydrogen (secondary N) is 2. The van der Waals surface area contributed by atoms with E-state index in [1.54, 1.807) is 17.3 Å². The first-order chi connectivity index (χ1) is 15.8. The van der Waals surface area contributed by atoms with Crippen LogP contribution in [-0.4, -0.2) is 48.8 Å². The molecular formula is C24H29N7O2. The second-order valence-electron chi connectivity index (χ2n) is 9.76. The normalized spacial score (nSPS) is 19.6. The van der Waals surface area contributed by atoms with Crippen LogP contribution in [0, 0.1) is 12.3 Å². The predicted molar refractivity (Wildman–Crippen MR) is 125 cm³/mol. The van der Waals surface area contributed by atoms with E-state index in [-0.39, 0.29) is 11.3 Å². The van der Waals surface area contributed by atoms with Crippen molar-refractivity contribution in [3.05, 3.63) is 47.2 Å². The molecule has 1 aliphatic heterocycles. The molecule has 33 heavy (non-hydrogen) atoms. The van der Waals surface area contributed by atoms with Gasteiger partial charge in [-0.1, -0.05) is 13.8 Å². The number of rotatable bonds is 5. The van der Waals surface area contributed by atoms with Crippen LogP contribution in [0.5, 0.6) is 0 Å². The molecule has 0 spiro atoms. The molecule has 9 nitrogen and oxygen atoms in total. The first-order valence-electron chi connectivity index (χ1n) is 11.4. The summed E-state index contributed by atoms with van der Waals surface area (Å²) in [4.78, 5) is 27.2. The molecule has 0 bridgehead atoms. The highest BCUT2D eigenvalue weighted by molar-refractivity contribution is 5.98. The lowest BCUT2D eigenvalue weighted by Gasteiger charge is -2.29. The maximum Gasteiger partial charge on any atom is 0.257 e. The number of carbonyl (C=O) groups is 1. The first-order valence-corrected chi connectivity index (χ1v) is 11.4. The molecule has 3 aromatic rings. The van der Waals surface area contributed by atoms with Crippen LogP contribution < -0.4 is 10.2 Å². The summed E-state index contributed by atoms with van der Waals surface area (Å²) in [5, 5.41) is 21.2. The number of aromatic nitrogens is 5. The predicted octanol–water partition coefficient (Wildman–Crippen LogP) is 2.79. The van der Waals surface area contributed by atoms with Gasteiger partial charge >= 0.3 is 0 Å². The minimum absolute atomic E-state index is 0.251. The van der Waals surface area contributed by atoms with Crippen LogP contribution in [0.25, 0.3) is 11.3 Å². The third-order valence-electron chi connectivity index (χ3n) is 6.51. The van der Waals surface area contributed by atoms with Crippen LogP contribution in [0.2, 0.25) is 0 Å². The van der Waals surface area contributed by atoms with Crippen molar-refractivity contribution in [1.29, 1.82) is 0 Å². The minimum Gasteiger partial charge on any atom is -0.383 e. The molecule has 172 valence electrons. The van der Waals surface area contributed by atoms with Crippen LogP contribution in [-0.2, 0) is 24.2 Å². The summed E-state index contributed by atoms with van der Waals surface area (Å²) in [5.74, 6) is 1.55. The van der Waals surface area contributed by atoms with Crippen LogP contribution in [0.4, 0.5) is 11.6 Å². The van der Waals surface area contributed by atoms with Crippen LogP contribution in [0.1, 0.15) is 49.3 Å². The molecule has 0 unspecified atom stereocenters. The molecule has 1 atom stereocenters. The summed E-state index contributed by atoms with van der Waals surface area (Å²) in [6, 6.07) is 3.86. The van der Waals surface area contributed by atoms with Gasteiger partial charge < -0.3 is 10.4 Å². The number of aromatic amines is 1. The molecule has 9 heteroatoms. The zero-order valence-corrected chi connectivity index (χ0v) is 19.2. The molecule has 1 saturated heterocycles. The molecule has 1 aliphatic carbocycles. The van der Waals surface area contributed by atoms with Gasteiger partial charge in [0.05, 0.1) is 5.69 Å². The van der Waals surface area contributed by atoms with Gasteiger partial charge in [0.25, 0.3) is 5.91 Å². The molecule has 5 rings (SSSR count). The Morgan fingerprint density at radius 1 is 1.27 bits per heavy atom. The highest BCUT2D eigenvalue weighted by atomic mass is 16.3. The third kappa shape index (κ3) is 4.32. The minimum atomic E-state index is -0.975. The van der Waals surface area contributed by atoms with E-state index in [2.05, 4.69) is 44.3 Å². The second kappa shape index (κ2) is 8.22. The standard InChI is InChI=1S/C24H29N7O2/c1-14-25-11-15(12-26-14)13-27-20-8-16(9-21(28-20)31-7-5-19(32)23(31)33)22-17-4-6-24(2,3)10-18(17)29-30-22/h8-9,11-12,19,32H,4-7,10,13H2,1-3H3,(H,27,28)(H,29,30)/t19-/m0/s1. The van der Waals surface area contributed by atoms with E-state index < -0.39 is 6.10 Å². The Labute approximate surface area is 192 Å². The molecule has 0 saturated carbocycles. The molecule has 3 aromatic heterocycles. The van der Waals surface area contributed by atoms with Gasteiger partial charge in [-0.3, -0.25) is 14.8 Å². The quantitative estimate of drug-likeness (QED) is 0.550. The highest BCUT2D eigenvalue weighted by Crippen LogP contribution is 2.39. The van der Waals surface area contributed by atoms with Crippen molar-refractivity contribution in [3.63, 3.8) is 0 Å². The van der Waals surface area contributed by atoms with E-state index in [0.29, 0.717) is 31.1 Å². The molecule has 0 radical (unpaired) electrons. The Bertz CT molecular complexity index is 1190. The molecule has 1 amide bonds. The summed E-state index contributed by atoms with van der Waals surface area (Å²) >= 11 is 0. The van der Waals surface area contributed by atoms with Gasteiger partial charge in [-0.05, 0) is 43.7 Å². The number of pyridine rings is 1. The van der Waals surface area contributed by atoms with Gasteiger partial charge in [0, 0.05) is 54.3 Å². The Balaban J connectivity index is 1.50. The number of nitrogens with zero attached hydrogens (tertiary/aromatic N) is 5. The van der Waals surface area contributed by atoms with E-state index in [1.807, 2.05) is 19.1 Å². The van der Waals surface area contributed by atoms with Crippen LogP contribution in [0.15, 0.2) is 24.5 Å². The van der Waals surface area contributed by atoms with E-state index in [4.69, 9.17) is 0 Å². The Hall–Kier alpha value is -3.33. The van der Waals surface area contributed by atoms with E-state index in [0.717, 1.165) is 41.9 Å². The Morgan fingerprint density at radius 3 is 2.79 bits per heavy atom.